The van der Waals surface area contributed by atoms with Gasteiger partial charge in [0.2, 0.25) is 0 Å². The van der Waals surface area contributed by atoms with Gasteiger partial charge in [-0.3, -0.25) is 4.79 Å². The number of halogens is 1. The standard InChI is InChI=1S/C22H33BrO2/c1-16(13-15-25-19(4)24)9-12-21(23)18(3)10-11-20-17(2)8-7-14-22(20,5)6/h9-13,18,21H,7-8,14-15H2,1-6H3/b11-10+,12-9+,16-13-/t18-,21+/m1/s1. The molecule has 0 aromatic rings. The van der Waals surface area contributed by atoms with E-state index in [1.165, 1.54) is 37.3 Å². The SMILES string of the molecule is CC(=O)OC/C=C(C)\C=C\[C@H](Br)[C@H](C)/C=C/C1=C(C)CCCC1(C)C. The number of rotatable bonds is 7. The van der Waals surface area contributed by atoms with Crippen molar-refractivity contribution in [1.29, 1.82) is 0 Å². The molecule has 0 N–H and O–H groups in total. The predicted octanol–water partition coefficient (Wildman–Crippen LogP) is 6.53. The van der Waals surface area contributed by atoms with Crippen LogP contribution in [0.15, 0.2) is 47.1 Å². The Labute approximate surface area is 162 Å². The first kappa shape index (κ1) is 22.0. The summed E-state index contributed by atoms with van der Waals surface area (Å²) < 4.78 is 4.92. The van der Waals surface area contributed by atoms with Crippen LogP contribution in [0.3, 0.4) is 0 Å². The smallest absolute Gasteiger partial charge is 0.302 e. The van der Waals surface area contributed by atoms with Crippen molar-refractivity contribution in [2.24, 2.45) is 11.3 Å². The molecule has 140 valence electrons. The van der Waals surface area contributed by atoms with E-state index in [1.807, 2.05) is 13.0 Å². The van der Waals surface area contributed by atoms with Crippen molar-refractivity contribution in [1.82, 2.24) is 0 Å². The van der Waals surface area contributed by atoms with E-state index in [9.17, 15) is 4.79 Å². The molecule has 25 heavy (non-hydrogen) atoms. The third-order valence-corrected chi connectivity index (χ3v) is 5.99. The highest BCUT2D eigenvalue weighted by atomic mass is 79.9. The fraction of sp³-hybridized carbons (Fsp3) is 0.591. The molecule has 1 aliphatic rings. The van der Waals surface area contributed by atoms with Crippen molar-refractivity contribution >= 4 is 21.9 Å². The van der Waals surface area contributed by atoms with Crippen LogP contribution in [-0.2, 0) is 9.53 Å². The van der Waals surface area contributed by atoms with Gasteiger partial charge >= 0.3 is 5.97 Å². The van der Waals surface area contributed by atoms with Crippen molar-refractivity contribution in [3.63, 3.8) is 0 Å². The van der Waals surface area contributed by atoms with E-state index >= 15 is 0 Å². The lowest BCUT2D eigenvalue weighted by Gasteiger charge is -2.33. The summed E-state index contributed by atoms with van der Waals surface area (Å²) in [5.74, 6) is 0.149. The molecule has 0 saturated carbocycles. The highest BCUT2D eigenvalue weighted by Crippen LogP contribution is 2.41. The zero-order valence-electron chi connectivity index (χ0n) is 16.6. The van der Waals surface area contributed by atoms with Crippen LogP contribution >= 0.6 is 15.9 Å². The van der Waals surface area contributed by atoms with Gasteiger partial charge in [0.05, 0.1) is 0 Å². The summed E-state index contributed by atoms with van der Waals surface area (Å²) in [5.41, 5.74) is 4.41. The van der Waals surface area contributed by atoms with Crippen molar-refractivity contribution in [3.05, 3.63) is 47.1 Å². The largest absolute Gasteiger partial charge is 0.462 e. The lowest BCUT2D eigenvalue weighted by molar-refractivity contribution is -0.139. The summed E-state index contributed by atoms with van der Waals surface area (Å²) in [7, 11) is 0. The van der Waals surface area contributed by atoms with Gasteiger partial charge in [-0.15, -0.1) is 0 Å². The van der Waals surface area contributed by atoms with E-state index in [0.29, 0.717) is 12.5 Å². The minimum absolute atomic E-state index is 0.250. The molecule has 0 fully saturated rings. The predicted molar refractivity (Wildman–Crippen MR) is 111 cm³/mol. The van der Waals surface area contributed by atoms with Crippen LogP contribution in [0.2, 0.25) is 0 Å². The Morgan fingerprint density at radius 3 is 2.60 bits per heavy atom. The van der Waals surface area contributed by atoms with E-state index in [0.717, 1.165) is 5.57 Å². The van der Waals surface area contributed by atoms with E-state index in [4.69, 9.17) is 4.74 Å². The fourth-order valence-corrected chi connectivity index (χ4v) is 3.47. The quantitative estimate of drug-likeness (QED) is 0.271. The second-order valence-electron chi connectivity index (χ2n) is 7.70. The van der Waals surface area contributed by atoms with E-state index in [-0.39, 0.29) is 16.2 Å². The summed E-state index contributed by atoms with van der Waals surface area (Å²) in [6.07, 6.45) is 14.6. The van der Waals surface area contributed by atoms with E-state index in [1.54, 1.807) is 0 Å². The third-order valence-electron chi connectivity index (χ3n) is 4.85. The molecule has 1 aliphatic carbocycles. The molecule has 2 nitrogen and oxygen atoms in total. The van der Waals surface area contributed by atoms with Crippen LogP contribution < -0.4 is 0 Å². The van der Waals surface area contributed by atoms with Gasteiger partial charge in [0.25, 0.3) is 0 Å². The van der Waals surface area contributed by atoms with Gasteiger partial charge in [0.15, 0.2) is 0 Å². The molecule has 0 aromatic heterocycles. The average molecular weight is 409 g/mol. The Morgan fingerprint density at radius 2 is 2.00 bits per heavy atom. The number of ether oxygens (including phenoxy) is 1. The monoisotopic (exact) mass is 408 g/mol. The summed E-state index contributed by atoms with van der Waals surface area (Å²) in [4.78, 5) is 11.0. The lowest BCUT2D eigenvalue weighted by Crippen LogP contribution is -2.19. The van der Waals surface area contributed by atoms with Crippen LogP contribution in [0.25, 0.3) is 0 Å². The van der Waals surface area contributed by atoms with Crippen molar-refractivity contribution in [2.45, 2.75) is 65.6 Å². The molecule has 0 amide bonds. The van der Waals surface area contributed by atoms with Crippen LogP contribution in [0.1, 0.15) is 60.8 Å². The fourth-order valence-electron chi connectivity index (χ4n) is 3.14. The molecule has 0 saturated heterocycles. The van der Waals surface area contributed by atoms with Crippen molar-refractivity contribution < 1.29 is 9.53 Å². The van der Waals surface area contributed by atoms with Gasteiger partial charge < -0.3 is 4.74 Å². The highest BCUT2D eigenvalue weighted by Gasteiger charge is 2.26. The number of esters is 1. The maximum absolute atomic E-state index is 10.8. The Bertz CT molecular complexity index is 579. The van der Waals surface area contributed by atoms with Crippen LogP contribution in [0.5, 0.6) is 0 Å². The zero-order chi connectivity index (χ0) is 19.0. The van der Waals surface area contributed by atoms with Crippen LogP contribution in [-0.4, -0.2) is 17.4 Å². The first-order chi connectivity index (χ1) is 11.6. The molecule has 0 aromatic carbocycles. The molecule has 0 radical (unpaired) electrons. The first-order valence-corrected chi connectivity index (χ1v) is 10.1. The molecule has 0 unspecified atom stereocenters. The Kier molecular flexibility index (Phi) is 8.92. The summed E-state index contributed by atoms with van der Waals surface area (Å²) in [6.45, 7) is 13.0. The number of hydrogen-bond acceptors (Lipinski definition) is 2. The number of carbonyl (C=O) groups is 1. The van der Waals surface area contributed by atoms with Crippen LogP contribution in [0, 0.1) is 11.3 Å². The summed E-state index contributed by atoms with van der Waals surface area (Å²) in [6, 6.07) is 0. The minimum Gasteiger partial charge on any atom is -0.462 e. The van der Waals surface area contributed by atoms with Gasteiger partial charge in [0.1, 0.15) is 6.61 Å². The molecule has 3 heteroatoms. The number of hydrogen-bond donors (Lipinski definition) is 0. The Hall–Kier alpha value is -1.09. The molecule has 1 rings (SSSR count). The maximum atomic E-state index is 10.8. The second kappa shape index (κ2) is 10.2. The number of carbonyl (C=O) groups excluding carboxylic acids is 1. The molecular weight excluding hydrogens is 376 g/mol. The number of alkyl halides is 1. The van der Waals surface area contributed by atoms with Gasteiger partial charge in [-0.05, 0) is 56.1 Å². The Morgan fingerprint density at radius 1 is 1.32 bits per heavy atom. The first-order valence-electron chi connectivity index (χ1n) is 9.14. The maximum Gasteiger partial charge on any atom is 0.302 e. The molecule has 0 spiro atoms. The van der Waals surface area contributed by atoms with Gasteiger partial charge in [0, 0.05) is 11.8 Å². The van der Waals surface area contributed by atoms with Gasteiger partial charge in [-0.25, -0.2) is 0 Å². The van der Waals surface area contributed by atoms with Crippen molar-refractivity contribution in [3.8, 4) is 0 Å². The lowest BCUT2D eigenvalue weighted by atomic mass is 9.72. The molecular formula is C22H33BrO2. The van der Waals surface area contributed by atoms with Crippen molar-refractivity contribution in [2.75, 3.05) is 6.61 Å². The van der Waals surface area contributed by atoms with Gasteiger partial charge in [-0.1, -0.05) is 72.2 Å². The van der Waals surface area contributed by atoms with E-state index in [2.05, 4.69) is 67.9 Å². The van der Waals surface area contributed by atoms with Gasteiger partial charge in [-0.2, -0.15) is 0 Å². The second-order valence-corrected chi connectivity index (χ2v) is 8.76. The zero-order valence-corrected chi connectivity index (χ0v) is 18.2. The highest BCUT2D eigenvalue weighted by molar-refractivity contribution is 9.09. The Balaban J connectivity index is 2.65. The summed E-state index contributed by atoms with van der Waals surface area (Å²) in [5, 5.41) is 0. The third kappa shape index (κ3) is 7.77. The molecule has 0 bridgehead atoms. The van der Waals surface area contributed by atoms with Crippen LogP contribution in [0.4, 0.5) is 0 Å². The topological polar surface area (TPSA) is 26.3 Å². The normalized spacial score (nSPS) is 21.0. The number of allylic oxidation sites excluding steroid dienone is 7. The molecule has 0 heterocycles. The molecule has 0 aliphatic heterocycles. The van der Waals surface area contributed by atoms with E-state index < -0.39 is 0 Å². The summed E-state index contributed by atoms with van der Waals surface area (Å²) >= 11 is 3.77. The molecule has 2 atom stereocenters. The average Bonchev–Trinajstić information content (AvgIpc) is 2.50. The minimum atomic E-state index is -0.250.